The summed E-state index contributed by atoms with van der Waals surface area (Å²) in [6.07, 6.45) is 6.85. The maximum atomic E-state index is 12.8. The largest absolute Gasteiger partial charge is 0.493 e. The number of rotatable bonds is 8. The molecule has 30 heavy (non-hydrogen) atoms. The van der Waals surface area contributed by atoms with Crippen LogP contribution in [-0.4, -0.2) is 31.9 Å². The van der Waals surface area contributed by atoms with Crippen LogP contribution in [0.2, 0.25) is 5.02 Å². The van der Waals surface area contributed by atoms with Crippen molar-refractivity contribution in [3.8, 4) is 35.0 Å². The lowest BCUT2D eigenvalue weighted by atomic mass is 9.86. The zero-order chi connectivity index (χ0) is 21.7. The molecule has 154 valence electrons. The number of carbonyl (C=O) groups excluding carboxylic acids is 1. The SMILES string of the molecule is C#CCOC(C(N)=O)(c1ccc(Cl)cc1)c1oncc1-c1ccc(OC)c(OC)c1. The fourth-order valence-electron chi connectivity index (χ4n) is 3.14. The predicted octanol–water partition coefficient (Wildman–Crippen LogP) is 3.39. The summed E-state index contributed by atoms with van der Waals surface area (Å²) in [4.78, 5) is 12.8. The second-order valence-corrected chi connectivity index (χ2v) is 6.62. The molecule has 0 saturated heterocycles. The van der Waals surface area contributed by atoms with E-state index in [-0.39, 0.29) is 12.4 Å². The number of halogens is 1. The Balaban J connectivity index is 2.24. The van der Waals surface area contributed by atoms with E-state index in [1.807, 2.05) is 0 Å². The van der Waals surface area contributed by atoms with Gasteiger partial charge in [-0.05, 0) is 29.8 Å². The summed E-state index contributed by atoms with van der Waals surface area (Å²) in [5, 5.41) is 4.36. The number of nitrogens with two attached hydrogens (primary N) is 1. The van der Waals surface area contributed by atoms with Crippen LogP contribution in [0, 0.1) is 12.3 Å². The van der Waals surface area contributed by atoms with Gasteiger partial charge < -0.3 is 24.5 Å². The standard InChI is InChI=1S/C22H19ClN2O5/c1-4-11-29-22(21(24)26,15-6-8-16(23)9-7-15)20-17(13-25-30-20)14-5-10-18(27-2)19(12-14)28-3/h1,5-10,12-13H,11H2,2-3H3,(H2,24,26). The van der Waals surface area contributed by atoms with Crippen LogP contribution in [-0.2, 0) is 15.1 Å². The summed E-state index contributed by atoms with van der Waals surface area (Å²) in [6, 6.07) is 11.7. The van der Waals surface area contributed by atoms with Crippen molar-refractivity contribution >= 4 is 17.5 Å². The number of hydrogen-bond acceptors (Lipinski definition) is 6. The van der Waals surface area contributed by atoms with Crippen molar-refractivity contribution in [2.75, 3.05) is 20.8 Å². The highest BCUT2D eigenvalue weighted by molar-refractivity contribution is 6.30. The molecular formula is C22H19ClN2O5. The molecule has 3 aromatic rings. The van der Waals surface area contributed by atoms with Crippen LogP contribution >= 0.6 is 11.6 Å². The van der Waals surface area contributed by atoms with Gasteiger partial charge in [-0.2, -0.15) is 0 Å². The molecule has 7 nitrogen and oxygen atoms in total. The number of primary amides is 1. The van der Waals surface area contributed by atoms with Crippen LogP contribution in [0.1, 0.15) is 11.3 Å². The minimum Gasteiger partial charge on any atom is -0.493 e. The van der Waals surface area contributed by atoms with Gasteiger partial charge in [0.2, 0.25) is 5.60 Å². The van der Waals surface area contributed by atoms with E-state index >= 15 is 0 Å². The van der Waals surface area contributed by atoms with Gasteiger partial charge in [-0.1, -0.05) is 40.9 Å². The maximum absolute atomic E-state index is 12.8. The number of terminal acetylenes is 1. The van der Waals surface area contributed by atoms with Gasteiger partial charge in [0, 0.05) is 16.1 Å². The number of aromatic nitrogens is 1. The first-order valence-corrected chi connectivity index (χ1v) is 9.16. The highest BCUT2D eigenvalue weighted by Gasteiger charge is 2.47. The normalized spacial score (nSPS) is 12.6. The van der Waals surface area contributed by atoms with E-state index in [1.54, 1.807) is 42.5 Å². The molecule has 3 rings (SSSR count). The average Bonchev–Trinajstić information content (AvgIpc) is 3.25. The lowest BCUT2D eigenvalue weighted by Crippen LogP contribution is -2.45. The molecule has 0 aliphatic carbocycles. The Bertz CT molecular complexity index is 1090. The lowest BCUT2D eigenvalue weighted by Gasteiger charge is -2.29. The second-order valence-electron chi connectivity index (χ2n) is 6.18. The van der Waals surface area contributed by atoms with Crippen LogP contribution in [0.25, 0.3) is 11.1 Å². The number of carbonyl (C=O) groups is 1. The number of hydrogen-bond donors (Lipinski definition) is 1. The third-order valence-electron chi connectivity index (χ3n) is 4.55. The Morgan fingerprint density at radius 1 is 1.20 bits per heavy atom. The molecular weight excluding hydrogens is 408 g/mol. The molecule has 0 spiro atoms. The molecule has 0 radical (unpaired) electrons. The lowest BCUT2D eigenvalue weighted by molar-refractivity contribution is -0.140. The molecule has 1 heterocycles. The third kappa shape index (κ3) is 3.71. The first-order chi connectivity index (χ1) is 14.5. The molecule has 1 amide bonds. The second kappa shape index (κ2) is 8.91. The van der Waals surface area contributed by atoms with Crippen molar-refractivity contribution < 1.29 is 23.5 Å². The fourth-order valence-corrected chi connectivity index (χ4v) is 3.27. The van der Waals surface area contributed by atoms with Crippen molar-refractivity contribution in [3.05, 3.63) is 65.0 Å². The van der Waals surface area contributed by atoms with E-state index in [0.717, 1.165) is 0 Å². The molecule has 1 unspecified atom stereocenters. The number of ether oxygens (including phenoxy) is 3. The molecule has 2 aromatic carbocycles. The van der Waals surface area contributed by atoms with E-state index < -0.39 is 11.5 Å². The number of benzene rings is 2. The molecule has 0 aliphatic heterocycles. The quantitative estimate of drug-likeness (QED) is 0.554. The zero-order valence-electron chi connectivity index (χ0n) is 16.3. The van der Waals surface area contributed by atoms with E-state index in [2.05, 4.69) is 11.1 Å². The predicted molar refractivity (Wildman–Crippen MR) is 111 cm³/mol. The summed E-state index contributed by atoms with van der Waals surface area (Å²) in [6.45, 7) is -0.197. The highest BCUT2D eigenvalue weighted by atomic mass is 35.5. The molecule has 0 fully saturated rings. The third-order valence-corrected chi connectivity index (χ3v) is 4.81. The van der Waals surface area contributed by atoms with Crippen molar-refractivity contribution in [2.24, 2.45) is 5.73 Å². The van der Waals surface area contributed by atoms with Gasteiger partial charge in [-0.15, -0.1) is 6.42 Å². The van der Waals surface area contributed by atoms with Crippen LogP contribution in [0.4, 0.5) is 0 Å². The van der Waals surface area contributed by atoms with Gasteiger partial charge in [0.25, 0.3) is 5.91 Å². The van der Waals surface area contributed by atoms with Crippen molar-refractivity contribution in [3.63, 3.8) is 0 Å². The average molecular weight is 427 g/mol. The van der Waals surface area contributed by atoms with Crippen LogP contribution < -0.4 is 15.2 Å². The van der Waals surface area contributed by atoms with Crippen molar-refractivity contribution in [2.45, 2.75) is 5.60 Å². The first kappa shape index (κ1) is 21.2. The first-order valence-electron chi connectivity index (χ1n) is 8.78. The van der Waals surface area contributed by atoms with Crippen LogP contribution in [0.15, 0.2) is 53.2 Å². The van der Waals surface area contributed by atoms with Crippen molar-refractivity contribution in [1.29, 1.82) is 0 Å². The van der Waals surface area contributed by atoms with E-state index in [1.165, 1.54) is 20.4 Å². The summed E-state index contributed by atoms with van der Waals surface area (Å²) in [7, 11) is 3.06. The molecule has 1 aromatic heterocycles. The zero-order valence-corrected chi connectivity index (χ0v) is 17.1. The Hall–Kier alpha value is -3.47. The molecule has 8 heteroatoms. The Kier molecular flexibility index (Phi) is 6.31. The van der Waals surface area contributed by atoms with Gasteiger partial charge in [-0.3, -0.25) is 4.79 Å². The van der Waals surface area contributed by atoms with Crippen LogP contribution in [0.3, 0.4) is 0 Å². The minimum absolute atomic E-state index is 0.0831. The summed E-state index contributed by atoms with van der Waals surface area (Å²) in [5.74, 6) is 2.65. The van der Waals surface area contributed by atoms with Gasteiger partial charge in [0.05, 0.1) is 20.4 Å². The summed E-state index contributed by atoms with van der Waals surface area (Å²) < 4.78 is 22.0. The molecule has 0 aliphatic rings. The number of amides is 1. The van der Waals surface area contributed by atoms with E-state index in [0.29, 0.717) is 33.2 Å². The topological polar surface area (TPSA) is 96.8 Å². The van der Waals surface area contributed by atoms with Gasteiger partial charge in [-0.25, -0.2) is 0 Å². The van der Waals surface area contributed by atoms with Crippen LogP contribution in [0.5, 0.6) is 11.5 Å². The molecule has 1 atom stereocenters. The number of methoxy groups -OCH3 is 2. The number of nitrogens with zero attached hydrogens (tertiary/aromatic N) is 1. The Morgan fingerprint density at radius 3 is 2.50 bits per heavy atom. The molecule has 0 bridgehead atoms. The van der Waals surface area contributed by atoms with Crippen molar-refractivity contribution in [1.82, 2.24) is 5.16 Å². The molecule has 0 saturated carbocycles. The van der Waals surface area contributed by atoms with Gasteiger partial charge in [0.1, 0.15) is 6.61 Å². The fraction of sp³-hybridized carbons (Fsp3) is 0.182. The Labute approximate surface area is 178 Å². The van der Waals surface area contributed by atoms with E-state index in [4.69, 9.17) is 42.5 Å². The highest BCUT2D eigenvalue weighted by Crippen LogP contribution is 2.41. The minimum atomic E-state index is -1.82. The summed E-state index contributed by atoms with van der Waals surface area (Å²) >= 11 is 6.01. The Morgan fingerprint density at radius 2 is 1.90 bits per heavy atom. The smallest absolute Gasteiger partial charge is 0.262 e. The summed E-state index contributed by atoms with van der Waals surface area (Å²) in [5.41, 5.74) is 5.52. The van der Waals surface area contributed by atoms with Gasteiger partial charge in [0.15, 0.2) is 17.3 Å². The van der Waals surface area contributed by atoms with Gasteiger partial charge >= 0.3 is 0 Å². The van der Waals surface area contributed by atoms with E-state index in [9.17, 15) is 4.79 Å². The maximum Gasteiger partial charge on any atom is 0.262 e. The molecule has 2 N–H and O–H groups in total. The monoisotopic (exact) mass is 426 g/mol.